The van der Waals surface area contributed by atoms with E-state index in [2.05, 4.69) is 20.4 Å². The van der Waals surface area contributed by atoms with Crippen molar-refractivity contribution in [3.8, 4) is 23.0 Å². The van der Waals surface area contributed by atoms with Gasteiger partial charge in [-0.1, -0.05) is 6.07 Å². The zero-order valence-corrected chi connectivity index (χ0v) is 23.4. The Hall–Kier alpha value is -4.13. The molecule has 0 spiro atoms. The summed E-state index contributed by atoms with van der Waals surface area (Å²) in [5.74, 6) is -2.21. The highest BCUT2D eigenvalue weighted by molar-refractivity contribution is 5.94. The minimum absolute atomic E-state index is 0.0111. The van der Waals surface area contributed by atoms with Gasteiger partial charge in [-0.05, 0) is 68.7 Å². The van der Waals surface area contributed by atoms with E-state index < -0.39 is 36.2 Å². The normalized spacial score (nSPS) is 16.1. The van der Waals surface area contributed by atoms with Crippen molar-refractivity contribution in [2.24, 2.45) is 17.6 Å². The van der Waals surface area contributed by atoms with Gasteiger partial charge >= 0.3 is 6.61 Å². The molecule has 2 aliphatic rings. The van der Waals surface area contributed by atoms with Crippen molar-refractivity contribution in [3.63, 3.8) is 0 Å². The summed E-state index contributed by atoms with van der Waals surface area (Å²) < 4.78 is 70.5. The molecule has 0 unspecified atom stereocenters. The van der Waals surface area contributed by atoms with Crippen LogP contribution in [0.5, 0.6) is 11.5 Å². The Morgan fingerprint density at radius 2 is 1.81 bits per heavy atom. The Morgan fingerprint density at radius 3 is 2.47 bits per heavy atom. The maximum absolute atomic E-state index is 14.8. The summed E-state index contributed by atoms with van der Waals surface area (Å²) in [6, 6.07) is 5.18. The van der Waals surface area contributed by atoms with Gasteiger partial charge in [0.15, 0.2) is 23.0 Å². The summed E-state index contributed by atoms with van der Waals surface area (Å²) in [6.07, 6.45) is 4.21. The highest BCUT2D eigenvalue weighted by Crippen LogP contribution is 2.37. The lowest BCUT2D eigenvalue weighted by Crippen LogP contribution is -2.39. The first-order chi connectivity index (χ1) is 20.6. The van der Waals surface area contributed by atoms with E-state index in [1.54, 1.807) is 6.92 Å². The Bertz CT molecular complexity index is 1470. The van der Waals surface area contributed by atoms with E-state index >= 15 is 0 Å². The molecule has 2 aromatic carbocycles. The predicted molar refractivity (Wildman–Crippen MR) is 146 cm³/mol. The zero-order chi connectivity index (χ0) is 30.7. The monoisotopic (exact) mass is 604 g/mol. The summed E-state index contributed by atoms with van der Waals surface area (Å²) >= 11 is 0. The number of rotatable bonds is 14. The number of hydrogen-bond donors (Lipinski definition) is 3. The average molecular weight is 605 g/mol. The van der Waals surface area contributed by atoms with E-state index in [1.165, 1.54) is 24.3 Å². The number of nitrogens with two attached hydrogens (primary N) is 1. The van der Waals surface area contributed by atoms with Gasteiger partial charge in [0.1, 0.15) is 11.6 Å². The van der Waals surface area contributed by atoms with Crippen LogP contribution in [0.25, 0.3) is 11.5 Å². The molecule has 1 heterocycles. The van der Waals surface area contributed by atoms with Crippen LogP contribution in [-0.2, 0) is 4.79 Å². The summed E-state index contributed by atoms with van der Waals surface area (Å²) in [7, 11) is 0. The van der Waals surface area contributed by atoms with Gasteiger partial charge in [0.05, 0.1) is 18.7 Å². The van der Waals surface area contributed by atoms with Crippen LogP contribution < -0.4 is 25.8 Å². The van der Waals surface area contributed by atoms with Gasteiger partial charge in [-0.25, -0.2) is 13.8 Å². The number of ether oxygens (including phenoxy) is 2. The fourth-order valence-corrected chi connectivity index (χ4v) is 4.49. The summed E-state index contributed by atoms with van der Waals surface area (Å²) in [5.41, 5.74) is 6.14. The molecule has 4 N–H and O–H groups in total. The first-order valence-corrected chi connectivity index (χ1v) is 14.1. The number of oxazole rings is 1. The second-order valence-corrected chi connectivity index (χ2v) is 11.0. The fraction of sp³-hybridized carbons (Fsp3) is 0.433. The molecule has 9 nitrogen and oxygen atoms in total. The van der Waals surface area contributed by atoms with Crippen molar-refractivity contribution in [1.82, 2.24) is 15.6 Å². The van der Waals surface area contributed by atoms with Gasteiger partial charge in [-0.2, -0.15) is 8.78 Å². The zero-order valence-electron chi connectivity index (χ0n) is 23.4. The highest BCUT2D eigenvalue weighted by Gasteiger charge is 2.29. The highest BCUT2D eigenvalue weighted by atomic mass is 19.3. The van der Waals surface area contributed by atoms with Crippen molar-refractivity contribution in [2.75, 3.05) is 13.2 Å². The Kier molecular flexibility index (Phi) is 9.19. The molecular formula is C30H32F4N4O5. The van der Waals surface area contributed by atoms with Crippen LogP contribution in [0, 0.1) is 23.5 Å². The molecule has 0 aliphatic heterocycles. The van der Waals surface area contributed by atoms with Crippen molar-refractivity contribution in [2.45, 2.75) is 57.7 Å². The molecule has 0 radical (unpaired) electrons. The number of hydrogen-bond acceptors (Lipinski definition) is 7. The number of alkyl halides is 2. The number of nitrogens with one attached hydrogen (secondary N) is 2. The van der Waals surface area contributed by atoms with Crippen LogP contribution >= 0.6 is 0 Å². The molecule has 3 aromatic rings. The molecule has 0 bridgehead atoms. The number of aromatic nitrogens is 1. The number of carbonyl (C=O) groups is 2. The van der Waals surface area contributed by atoms with E-state index in [1.807, 2.05) is 0 Å². The molecule has 43 heavy (non-hydrogen) atoms. The minimum Gasteiger partial charge on any atom is -0.489 e. The second-order valence-electron chi connectivity index (χ2n) is 11.0. The maximum atomic E-state index is 14.8. The van der Waals surface area contributed by atoms with Crippen LogP contribution in [0.2, 0.25) is 0 Å². The number of halogens is 4. The Labute approximate surface area is 245 Å². The van der Waals surface area contributed by atoms with Gasteiger partial charge < -0.3 is 30.3 Å². The SMILES string of the molecule is C[C@H](N)c1oc(-c2ccc(OC(F)F)c(OCC3CC3)c2)nc1C(=O)N[C@H](CNC(=O)CC1CC1)c1ccc(F)cc1F. The first-order valence-electron chi connectivity index (χ1n) is 14.1. The van der Waals surface area contributed by atoms with Crippen molar-refractivity contribution in [3.05, 3.63) is 65.1 Å². The molecule has 0 saturated heterocycles. The lowest BCUT2D eigenvalue weighted by Gasteiger charge is -2.20. The van der Waals surface area contributed by atoms with Gasteiger partial charge in [0.2, 0.25) is 11.8 Å². The minimum atomic E-state index is -3.06. The first kappa shape index (κ1) is 30.3. The van der Waals surface area contributed by atoms with Crippen LogP contribution in [0.15, 0.2) is 40.8 Å². The third-order valence-electron chi connectivity index (χ3n) is 7.18. The lowest BCUT2D eigenvalue weighted by atomic mass is 10.0. The molecule has 230 valence electrons. The molecule has 2 saturated carbocycles. The summed E-state index contributed by atoms with van der Waals surface area (Å²) in [5, 5.41) is 5.36. The molecular weight excluding hydrogens is 572 g/mol. The van der Waals surface area contributed by atoms with Crippen LogP contribution in [-0.4, -0.2) is 36.6 Å². The second kappa shape index (κ2) is 13.0. The van der Waals surface area contributed by atoms with E-state index in [4.69, 9.17) is 14.9 Å². The van der Waals surface area contributed by atoms with E-state index in [-0.39, 0.29) is 46.9 Å². The Balaban J connectivity index is 1.40. The number of benzene rings is 2. The molecule has 2 atom stereocenters. The third-order valence-corrected chi connectivity index (χ3v) is 7.18. The van der Waals surface area contributed by atoms with E-state index in [9.17, 15) is 27.2 Å². The van der Waals surface area contributed by atoms with Crippen LogP contribution in [0.4, 0.5) is 17.6 Å². The predicted octanol–water partition coefficient (Wildman–Crippen LogP) is 5.42. The van der Waals surface area contributed by atoms with Gasteiger partial charge in [0.25, 0.3) is 5.91 Å². The summed E-state index contributed by atoms with van der Waals surface area (Å²) in [6.45, 7) is -1.33. The number of amides is 2. The van der Waals surface area contributed by atoms with E-state index in [0.717, 1.165) is 31.7 Å². The van der Waals surface area contributed by atoms with Gasteiger partial charge in [-0.15, -0.1) is 0 Å². The average Bonchev–Trinajstić information content (AvgIpc) is 3.89. The van der Waals surface area contributed by atoms with Gasteiger partial charge in [0, 0.05) is 30.2 Å². The van der Waals surface area contributed by atoms with Crippen molar-refractivity contribution in [1.29, 1.82) is 0 Å². The molecule has 2 aliphatic carbocycles. The topological polar surface area (TPSA) is 129 Å². The van der Waals surface area contributed by atoms with Crippen molar-refractivity contribution >= 4 is 11.8 Å². The molecule has 2 amide bonds. The molecule has 5 rings (SSSR count). The molecule has 13 heteroatoms. The molecule has 1 aromatic heterocycles. The lowest BCUT2D eigenvalue weighted by molar-refractivity contribution is -0.121. The van der Waals surface area contributed by atoms with Crippen LogP contribution in [0.1, 0.15) is 72.9 Å². The smallest absolute Gasteiger partial charge is 0.387 e. The number of carbonyl (C=O) groups excluding carboxylic acids is 2. The standard InChI is InChI=1S/C30H32F4N4O5/c1-15(35)27-26(38-29(43-27)18-6-9-23(42-30(33)34)24(11-18)41-14-17-4-5-17)28(40)37-22(13-36-25(39)10-16-2-3-16)20-8-7-19(31)12-21(20)32/h6-9,11-12,15-17,22,30H,2-5,10,13-14,35H2,1H3,(H,36,39)(H,37,40)/t15-,22+/m0/s1. The summed E-state index contributed by atoms with van der Waals surface area (Å²) in [4.78, 5) is 30.2. The fourth-order valence-electron chi connectivity index (χ4n) is 4.49. The quantitative estimate of drug-likeness (QED) is 0.210. The van der Waals surface area contributed by atoms with Gasteiger partial charge in [-0.3, -0.25) is 9.59 Å². The van der Waals surface area contributed by atoms with Crippen LogP contribution in [0.3, 0.4) is 0 Å². The third kappa shape index (κ3) is 8.04. The van der Waals surface area contributed by atoms with E-state index in [0.29, 0.717) is 36.5 Å². The number of nitrogens with zero attached hydrogens (tertiary/aromatic N) is 1. The Morgan fingerprint density at radius 1 is 1.07 bits per heavy atom. The largest absolute Gasteiger partial charge is 0.489 e. The van der Waals surface area contributed by atoms with Crippen molar-refractivity contribution < 1.29 is 41.0 Å². The maximum Gasteiger partial charge on any atom is 0.387 e. The molecule has 2 fully saturated rings.